The van der Waals surface area contributed by atoms with Crippen LogP contribution in [0.1, 0.15) is 18.9 Å². The van der Waals surface area contributed by atoms with Gasteiger partial charge in [-0.3, -0.25) is 4.90 Å². The van der Waals surface area contributed by atoms with Gasteiger partial charge in [0.15, 0.2) is 5.96 Å². The quantitative estimate of drug-likeness (QED) is 0.178. The van der Waals surface area contributed by atoms with Crippen molar-refractivity contribution < 1.29 is 18.9 Å². The van der Waals surface area contributed by atoms with Gasteiger partial charge in [-0.25, -0.2) is 4.99 Å². The van der Waals surface area contributed by atoms with E-state index in [1.807, 2.05) is 12.1 Å². The van der Waals surface area contributed by atoms with Crippen molar-refractivity contribution in [1.82, 2.24) is 15.1 Å². The fourth-order valence-corrected chi connectivity index (χ4v) is 4.02. The van der Waals surface area contributed by atoms with E-state index in [0.29, 0.717) is 32.3 Å². The zero-order valence-corrected chi connectivity index (χ0v) is 22.5. The van der Waals surface area contributed by atoms with Gasteiger partial charge in [0.05, 0.1) is 39.6 Å². The molecule has 188 valence electrons. The molecule has 1 aromatic carbocycles. The Morgan fingerprint density at radius 1 is 1.15 bits per heavy atom. The molecule has 1 unspecified atom stereocenters. The maximum Gasteiger partial charge on any atom is 0.194 e. The first-order valence-corrected chi connectivity index (χ1v) is 11.9. The number of ether oxygens (including phenoxy) is 4. The maximum absolute atomic E-state index is 6.13. The summed E-state index contributed by atoms with van der Waals surface area (Å²) in [5.74, 6) is 2.42. The molecule has 0 amide bonds. The van der Waals surface area contributed by atoms with Crippen LogP contribution in [-0.2, 0) is 20.8 Å². The van der Waals surface area contributed by atoms with Crippen molar-refractivity contribution in [3.05, 3.63) is 29.8 Å². The first kappa shape index (κ1) is 28.1. The predicted molar refractivity (Wildman–Crippen MR) is 142 cm³/mol. The summed E-state index contributed by atoms with van der Waals surface area (Å²) in [7, 11) is 1.70. The van der Waals surface area contributed by atoms with Gasteiger partial charge < -0.3 is 29.2 Å². The molecule has 8 nitrogen and oxygen atoms in total. The summed E-state index contributed by atoms with van der Waals surface area (Å²) in [6, 6.07) is 8.22. The second kappa shape index (κ2) is 16.5. The summed E-state index contributed by atoms with van der Waals surface area (Å²) in [5, 5.41) is 3.45. The lowest BCUT2D eigenvalue weighted by atomic mass is 10.1. The lowest BCUT2D eigenvalue weighted by molar-refractivity contribution is 0.0322. The average Bonchev–Trinajstić information content (AvgIpc) is 3.30. The van der Waals surface area contributed by atoms with Crippen LogP contribution in [0.4, 0.5) is 0 Å². The van der Waals surface area contributed by atoms with Crippen molar-refractivity contribution in [3.63, 3.8) is 0 Å². The second-order valence-corrected chi connectivity index (χ2v) is 8.25. The molecule has 2 fully saturated rings. The molecule has 0 aliphatic carbocycles. The molecule has 0 bridgehead atoms. The van der Waals surface area contributed by atoms with E-state index < -0.39 is 0 Å². The van der Waals surface area contributed by atoms with Gasteiger partial charge in [-0.15, -0.1) is 24.0 Å². The first-order chi connectivity index (χ1) is 15.8. The van der Waals surface area contributed by atoms with Gasteiger partial charge in [0.2, 0.25) is 0 Å². The molecule has 33 heavy (non-hydrogen) atoms. The largest absolute Gasteiger partial charge is 0.492 e. The Balaban J connectivity index is 0.00000385. The van der Waals surface area contributed by atoms with Crippen LogP contribution in [-0.4, -0.2) is 102 Å². The SMILES string of the molecule is CCNC(=NCc1ccccc1OCCN1CCOCC1)N1CCC(COCCOC)C1.I. The minimum absolute atomic E-state index is 0. The third kappa shape index (κ3) is 9.94. The number of nitrogens with one attached hydrogen (secondary N) is 1. The first-order valence-electron chi connectivity index (χ1n) is 11.9. The van der Waals surface area contributed by atoms with E-state index in [-0.39, 0.29) is 24.0 Å². The van der Waals surface area contributed by atoms with E-state index in [0.717, 1.165) is 82.8 Å². The topological polar surface area (TPSA) is 67.8 Å². The number of methoxy groups -OCH3 is 1. The minimum Gasteiger partial charge on any atom is -0.492 e. The summed E-state index contributed by atoms with van der Waals surface area (Å²) < 4.78 is 22.3. The lowest BCUT2D eigenvalue weighted by Crippen LogP contribution is -2.40. The summed E-state index contributed by atoms with van der Waals surface area (Å²) >= 11 is 0. The van der Waals surface area contributed by atoms with E-state index in [4.69, 9.17) is 23.9 Å². The highest BCUT2D eigenvalue weighted by Gasteiger charge is 2.25. The number of benzene rings is 1. The molecule has 1 atom stereocenters. The van der Waals surface area contributed by atoms with Crippen molar-refractivity contribution in [2.75, 3.05) is 86.0 Å². The molecule has 0 saturated carbocycles. The summed E-state index contributed by atoms with van der Waals surface area (Å²) in [4.78, 5) is 9.66. The molecular formula is C24H41IN4O4. The Hall–Kier alpha value is -1.14. The summed E-state index contributed by atoms with van der Waals surface area (Å²) in [6.07, 6.45) is 1.12. The van der Waals surface area contributed by atoms with Gasteiger partial charge in [0, 0.05) is 57.9 Å². The molecule has 1 N–H and O–H groups in total. The van der Waals surface area contributed by atoms with Gasteiger partial charge in [-0.1, -0.05) is 18.2 Å². The monoisotopic (exact) mass is 576 g/mol. The summed E-state index contributed by atoms with van der Waals surface area (Å²) in [6.45, 7) is 12.8. The van der Waals surface area contributed by atoms with Crippen LogP contribution in [0, 0.1) is 5.92 Å². The van der Waals surface area contributed by atoms with Crippen molar-refractivity contribution >= 4 is 29.9 Å². The Morgan fingerprint density at radius 2 is 1.97 bits per heavy atom. The van der Waals surface area contributed by atoms with Gasteiger partial charge in [-0.2, -0.15) is 0 Å². The lowest BCUT2D eigenvalue weighted by Gasteiger charge is -2.26. The molecule has 0 spiro atoms. The Labute approximate surface area is 216 Å². The van der Waals surface area contributed by atoms with Crippen LogP contribution in [0.15, 0.2) is 29.3 Å². The highest BCUT2D eigenvalue weighted by atomic mass is 127. The smallest absolute Gasteiger partial charge is 0.194 e. The van der Waals surface area contributed by atoms with E-state index in [2.05, 4.69) is 34.2 Å². The number of aliphatic imine (C=N–C) groups is 1. The third-order valence-electron chi connectivity index (χ3n) is 5.85. The highest BCUT2D eigenvalue weighted by Crippen LogP contribution is 2.20. The normalized spacial score (nSPS) is 19.4. The number of para-hydroxylation sites is 1. The number of nitrogens with zero attached hydrogens (tertiary/aromatic N) is 3. The summed E-state index contributed by atoms with van der Waals surface area (Å²) in [5.41, 5.74) is 1.11. The maximum atomic E-state index is 6.13. The number of likely N-dealkylation sites (tertiary alicyclic amines) is 1. The minimum atomic E-state index is 0. The van der Waals surface area contributed by atoms with Crippen LogP contribution in [0.25, 0.3) is 0 Å². The van der Waals surface area contributed by atoms with Crippen molar-refractivity contribution in [2.45, 2.75) is 19.9 Å². The second-order valence-electron chi connectivity index (χ2n) is 8.25. The van der Waals surface area contributed by atoms with Gasteiger partial charge in [0.1, 0.15) is 12.4 Å². The standard InChI is InChI=1S/C24H40N4O4.HI/c1-3-25-24(28-9-8-21(19-28)20-31-17-16-29-2)26-18-22-6-4-5-7-23(22)32-15-12-27-10-13-30-14-11-27;/h4-7,21H,3,8-20H2,1-2H3,(H,25,26);1H. The van der Waals surface area contributed by atoms with Crippen molar-refractivity contribution in [1.29, 1.82) is 0 Å². The Kier molecular flexibility index (Phi) is 14.0. The molecule has 9 heteroatoms. The van der Waals surface area contributed by atoms with E-state index in [9.17, 15) is 0 Å². The number of morpholine rings is 1. The number of hydrogen-bond acceptors (Lipinski definition) is 6. The highest BCUT2D eigenvalue weighted by molar-refractivity contribution is 14.0. The zero-order chi connectivity index (χ0) is 22.4. The van der Waals surface area contributed by atoms with Gasteiger partial charge in [0.25, 0.3) is 0 Å². The fourth-order valence-electron chi connectivity index (χ4n) is 4.02. The van der Waals surface area contributed by atoms with Crippen LogP contribution in [0.2, 0.25) is 0 Å². The van der Waals surface area contributed by atoms with E-state index >= 15 is 0 Å². The third-order valence-corrected chi connectivity index (χ3v) is 5.85. The van der Waals surface area contributed by atoms with Crippen LogP contribution >= 0.6 is 24.0 Å². The Bertz CT molecular complexity index is 688. The number of guanidine groups is 1. The molecule has 2 heterocycles. The number of halogens is 1. The van der Waals surface area contributed by atoms with E-state index in [1.165, 1.54) is 0 Å². The fraction of sp³-hybridized carbons (Fsp3) is 0.708. The average molecular weight is 577 g/mol. The van der Waals surface area contributed by atoms with Gasteiger partial charge in [-0.05, 0) is 19.4 Å². The molecule has 2 aliphatic rings. The van der Waals surface area contributed by atoms with E-state index in [1.54, 1.807) is 7.11 Å². The van der Waals surface area contributed by atoms with Crippen LogP contribution < -0.4 is 10.1 Å². The molecule has 0 radical (unpaired) electrons. The number of rotatable bonds is 12. The van der Waals surface area contributed by atoms with Crippen LogP contribution in [0.5, 0.6) is 5.75 Å². The predicted octanol–water partition coefficient (Wildman–Crippen LogP) is 2.47. The molecule has 1 aromatic rings. The van der Waals surface area contributed by atoms with Crippen molar-refractivity contribution in [2.24, 2.45) is 10.9 Å². The molecule has 2 aliphatic heterocycles. The molecular weight excluding hydrogens is 535 g/mol. The Morgan fingerprint density at radius 3 is 2.76 bits per heavy atom. The zero-order valence-electron chi connectivity index (χ0n) is 20.2. The van der Waals surface area contributed by atoms with Gasteiger partial charge >= 0.3 is 0 Å². The molecule has 3 rings (SSSR count). The van der Waals surface area contributed by atoms with Crippen LogP contribution in [0.3, 0.4) is 0 Å². The molecule has 0 aromatic heterocycles. The van der Waals surface area contributed by atoms with Crippen molar-refractivity contribution in [3.8, 4) is 5.75 Å². The number of hydrogen-bond donors (Lipinski definition) is 1. The molecule has 2 saturated heterocycles.